The van der Waals surface area contributed by atoms with E-state index >= 15 is 0 Å². The molecule has 0 spiro atoms. The van der Waals surface area contributed by atoms with E-state index in [1.165, 1.54) is 24.6 Å². The molecule has 3 rings (SSSR count). The summed E-state index contributed by atoms with van der Waals surface area (Å²) in [4.78, 5) is 17.2. The quantitative estimate of drug-likeness (QED) is 0.600. The third kappa shape index (κ3) is 4.63. The SMILES string of the molecule is COCc1c(C(=O)Nc2ncc(CO)s2)nnn1Cc1ccc(Cl)c(Cl)c1. The molecule has 0 atom stereocenters. The second kappa shape index (κ2) is 8.77. The third-order valence-electron chi connectivity index (χ3n) is 3.58. The van der Waals surface area contributed by atoms with Crippen molar-refractivity contribution in [3.63, 3.8) is 0 Å². The maximum atomic E-state index is 12.6. The van der Waals surface area contributed by atoms with E-state index in [0.29, 0.717) is 32.3 Å². The van der Waals surface area contributed by atoms with Crippen molar-refractivity contribution >= 4 is 45.6 Å². The van der Waals surface area contributed by atoms with E-state index in [2.05, 4.69) is 20.6 Å². The minimum absolute atomic E-state index is 0.137. The number of nitrogens with one attached hydrogen (secondary N) is 1. The number of hydrogen-bond donors (Lipinski definition) is 2. The average Bonchev–Trinajstić information content (AvgIpc) is 3.26. The van der Waals surface area contributed by atoms with Gasteiger partial charge < -0.3 is 9.84 Å². The maximum Gasteiger partial charge on any atom is 0.280 e. The van der Waals surface area contributed by atoms with Gasteiger partial charge >= 0.3 is 0 Å². The number of methoxy groups -OCH3 is 1. The van der Waals surface area contributed by atoms with E-state index in [-0.39, 0.29) is 18.9 Å². The Morgan fingerprint density at radius 2 is 2.19 bits per heavy atom. The van der Waals surface area contributed by atoms with Gasteiger partial charge in [0.25, 0.3) is 5.91 Å². The monoisotopic (exact) mass is 427 g/mol. The second-order valence-corrected chi connectivity index (χ2v) is 7.40. The van der Waals surface area contributed by atoms with Gasteiger partial charge in [-0.2, -0.15) is 0 Å². The first-order chi connectivity index (χ1) is 13.0. The highest BCUT2D eigenvalue weighted by molar-refractivity contribution is 7.15. The van der Waals surface area contributed by atoms with Crippen molar-refractivity contribution in [2.24, 2.45) is 0 Å². The number of anilines is 1. The van der Waals surface area contributed by atoms with Crippen LogP contribution >= 0.6 is 34.5 Å². The number of ether oxygens (including phenoxy) is 1. The number of benzene rings is 1. The number of aliphatic hydroxyl groups excluding tert-OH is 1. The first-order valence-electron chi connectivity index (χ1n) is 7.74. The summed E-state index contributed by atoms with van der Waals surface area (Å²) in [5, 5.41) is 21.1. The molecule has 0 unspecified atom stereocenters. The van der Waals surface area contributed by atoms with Crippen LogP contribution in [0.25, 0.3) is 0 Å². The van der Waals surface area contributed by atoms with Gasteiger partial charge in [0, 0.05) is 13.3 Å². The van der Waals surface area contributed by atoms with E-state index in [0.717, 1.165) is 5.56 Å². The van der Waals surface area contributed by atoms with Gasteiger partial charge in [0.1, 0.15) is 0 Å². The number of hydrogen-bond acceptors (Lipinski definition) is 7. The van der Waals surface area contributed by atoms with Gasteiger partial charge in [0.05, 0.1) is 40.4 Å². The molecule has 2 heterocycles. The Morgan fingerprint density at radius 3 is 2.85 bits per heavy atom. The molecule has 0 fully saturated rings. The lowest BCUT2D eigenvalue weighted by atomic mass is 10.2. The molecule has 0 saturated carbocycles. The fraction of sp³-hybridized carbons (Fsp3) is 0.250. The number of carbonyl (C=O) groups excluding carboxylic acids is 1. The zero-order valence-corrected chi connectivity index (χ0v) is 16.5. The molecule has 8 nitrogen and oxygen atoms in total. The Hall–Kier alpha value is -2.04. The van der Waals surface area contributed by atoms with Crippen LogP contribution in [-0.4, -0.2) is 38.1 Å². The largest absolute Gasteiger partial charge is 0.391 e. The van der Waals surface area contributed by atoms with Crippen LogP contribution < -0.4 is 5.32 Å². The number of amides is 1. The minimum atomic E-state index is -0.457. The lowest BCUT2D eigenvalue weighted by molar-refractivity contribution is 0.101. The number of aliphatic hydroxyl groups is 1. The van der Waals surface area contributed by atoms with Crippen molar-refractivity contribution in [3.8, 4) is 0 Å². The molecule has 0 bridgehead atoms. The lowest BCUT2D eigenvalue weighted by Gasteiger charge is -2.08. The minimum Gasteiger partial charge on any atom is -0.391 e. The lowest BCUT2D eigenvalue weighted by Crippen LogP contribution is -2.16. The van der Waals surface area contributed by atoms with E-state index in [4.69, 9.17) is 33.0 Å². The van der Waals surface area contributed by atoms with Crippen LogP contribution in [0.4, 0.5) is 5.13 Å². The van der Waals surface area contributed by atoms with Crippen LogP contribution in [-0.2, 0) is 24.5 Å². The zero-order chi connectivity index (χ0) is 19.4. The van der Waals surface area contributed by atoms with Crippen LogP contribution in [0.2, 0.25) is 10.0 Å². The van der Waals surface area contributed by atoms with Crippen LogP contribution in [0.3, 0.4) is 0 Å². The average molecular weight is 428 g/mol. The van der Waals surface area contributed by atoms with Crippen molar-refractivity contribution in [3.05, 3.63) is 56.3 Å². The Labute approximate surface area is 168 Å². The first kappa shape index (κ1) is 19.7. The molecule has 2 N–H and O–H groups in total. The first-order valence-corrected chi connectivity index (χ1v) is 9.31. The molecule has 2 aromatic heterocycles. The normalized spacial score (nSPS) is 11.0. The molecule has 1 aromatic carbocycles. The molecule has 0 aliphatic carbocycles. The molecular formula is C16H15Cl2N5O3S. The van der Waals surface area contributed by atoms with Gasteiger partial charge in [-0.05, 0) is 17.7 Å². The number of halogens is 2. The van der Waals surface area contributed by atoms with Crippen molar-refractivity contribution in [2.45, 2.75) is 19.8 Å². The van der Waals surface area contributed by atoms with E-state index in [9.17, 15) is 4.79 Å². The molecule has 3 aromatic rings. The number of thiazole rings is 1. The molecule has 0 radical (unpaired) electrons. The summed E-state index contributed by atoms with van der Waals surface area (Å²) >= 11 is 13.2. The summed E-state index contributed by atoms with van der Waals surface area (Å²) in [7, 11) is 1.52. The smallest absolute Gasteiger partial charge is 0.280 e. The fourth-order valence-corrected chi connectivity index (χ4v) is 3.31. The van der Waals surface area contributed by atoms with Crippen molar-refractivity contribution < 1.29 is 14.6 Å². The number of aromatic nitrogens is 4. The highest BCUT2D eigenvalue weighted by Gasteiger charge is 2.21. The second-order valence-electron chi connectivity index (χ2n) is 5.47. The van der Waals surface area contributed by atoms with Crippen LogP contribution in [0.15, 0.2) is 24.4 Å². The maximum absolute atomic E-state index is 12.6. The predicted octanol–water partition coefficient (Wildman–Crippen LogP) is 2.98. The Morgan fingerprint density at radius 1 is 1.37 bits per heavy atom. The molecule has 27 heavy (non-hydrogen) atoms. The van der Waals surface area contributed by atoms with Gasteiger partial charge in [-0.3, -0.25) is 10.1 Å². The summed E-state index contributed by atoms with van der Waals surface area (Å²) in [5.41, 5.74) is 1.50. The van der Waals surface area contributed by atoms with Crippen molar-refractivity contribution in [2.75, 3.05) is 12.4 Å². The molecule has 11 heteroatoms. The van der Waals surface area contributed by atoms with Gasteiger partial charge in [-0.1, -0.05) is 45.8 Å². The molecule has 142 valence electrons. The molecule has 0 aliphatic heterocycles. The zero-order valence-electron chi connectivity index (χ0n) is 14.1. The molecule has 0 saturated heterocycles. The van der Waals surface area contributed by atoms with Gasteiger partial charge in [0.2, 0.25) is 0 Å². The number of carbonyl (C=O) groups is 1. The van der Waals surface area contributed by atoms with Crippen LogP contribution in [0.1, 0.15) is 26.6 Å². The standard InChI is InChI=1S/C16H15Cl2N5O3S/c1-26-8-13-14(15(25)20-16-19-5-10(7-24)27-16)21-22-23(13)6-9-2-3-11(17)12(18)4-9/h2-5,24H,6-8H2,1H3,(H,19,20,25). The summed E-state index contributed by atoms with van der Waals surface area (Å²) in [6, 6.07) is 5.24. The summed E-state index contributed by atoms with van der Waals surface area (Å²) < 4.78 is 6.76. The summed E-state index contributed by atoms with van der Waals surface area (Å²) in [5.74, 6) is -0.457. The molecular weight excluding hydrogens is 413 g/mol. The Bertz CT molecular complexity index is 959. The van der Waals surface area contributed by atoms with Crippen molar-refractivity contribution in [1.82, 2.24) is 20.0 Å². The van der Waals surface area contributed by atoms with E-state index < -0.39 is 5.91 Å². The summed E-state index contributed by atoms with van der Waals surface area (Å²) in [6.07, 6.45) is 1.50. The van der Waals surface area contributed by atoms with Gasteiger partial charge in [-0.15, -0.1) is 5.10 Å². The van der Waals surface area contributed by atoms with E-state index in [1.807, 2.05) is 6.07 Å². The molecule has 1 amide bonds. The van der Waals surface area contributed by atoms with Crippen LogP contribution in [0.5, 0.6) is 0 Å². The third-order valence-corrected chi connectivity index (χ3v) is 5.22. The number of nitrogens with zero attached hydrogens (tertiary/aromatic N) is 4. The number of rotatable bonds is 7. The predicted molar refractivity (Wildman–Crippen MR) is 102 cm³/mol. The summed E-state index contributed by atoms with van der Waals surface area (Å²) in [6.45, 7) is 0.362. The van der Waals surface area contributed by atoms with E-state index in [1.54, 1.807) is 16.8 Å². The van der Waals surface area contributed by atoms with Crippen molar-refractivity contribution in [1.29, 1.82) is 0 Å². The van der Waals surface area contributed by atoms with Gasteiger partial charge in [0.15, 0.2) is 10.8 Å². The Balaban J connectivity index is 1.83. The van der Waals surface area contributed by atoms with Crippen LogP contribution in [0, 0.1) is 0 Å². The Kier molecular flexibility index (Phi) is 6.40. The fourth-order valence-electron chi connectivity index (χ4n) is 2.32. The molecule has 0 aliphatic rings. The highest BCUT2D eigenvalue weighted by atomic mass is 35.5. The topological polar surface area (TPSA) is 102 Å². The van der Waals surface area contributed by atoms with Gasteiger partial charge in [-0.25, -0.2) is 9.67 Å². The highest BCUT2D eigenvalue weighted by Crippen LogP contribution is 2.24.